The van der Waals surface area contributed by atoms with Crippen LogP contribution in [0, 0.1) is 0 Å². The number of aryl methyl sites for hydroxylation is 1. The molecule has 0 unspecified atom stereocenters. The second kappa shape index (κ2) is 18.0. The van der Waals surface area contributed by atoms with Crippen molar-refractivity contribution >= 4 is 100 Å². The van der Waals surface area contributed by atoms with Gasteiger partial charge in [-0.1, -0.05) is 5.04 Å². The number of carboxylic acids is 1. The Morgan fingerprint density at radius 2 is 1.49 bits per heavy atom. The lowest BCUT2D eigenvalue weighted by Gasteiger charge is -2.11. The average molecular weight is 861 g/mol. The molecular weight excluding hydrogens is 835 g/mol. The Hall–Kier alpha value is -5.10. The maximum Gasteiger partial charge on any atom is 0.341 e. The molecule has 27 heteroatoms. The highest BCUT2D eigenvalue weighted by Crippen LogP contribution is 2.43. The quantitative estimate of drug-likeness (QED) is 0.0126. The zero-order valence-electron chi connectivity index (χ0n) is 27.3. The van der Waals surface area contributed by atoms with E-state index in [-0.39, 0.29) is 33.3 Å². The highest BCUT2D eigenvalue weighted by molar-refractivity contribution is 7.96. The number of carboxylic acid groups (broad SMARTS) is 1. The lowest BCUT2D eigenvalue weighted by molar-refractivity contribution is -0.692. The van der Waals surface area contributed by atoms with Gasteiger partial charge in [-0.3, -0.25) is 13.9 Å². The molecule has 3 aromatic carbocycles. The molecule has 0 aliphatic rings. The number of sulfone groups is 1. The van der Waals surface area contributed by atoms with Crippen molar-refractivity contribution in [1.29, 1.82) is 0 Å². The number of anilines is 2. The molecule has 0 radical (unpaired) electrons. The predicted octanol–water partition coefficient (Wildman–Crippen LogP) is 4.25. The monoisotopic (exact) mass is 860 g/mol. The van der Waals surface area contributed by atoms with Crippen LogP contribution in [0.15, 0.2) is 113 Å². The minimum atomic E-state index is -5.06. The van der Waals surface area contributed by atoms with E-state index in [1.165, 1.54) is 59.4 Å². The molecule has 1 aromatic heterocycles. The normalized spacial score (nSPS) is 12.3. The van der Waals surface area contributed by atoms with Gasteiger partial charge in [-0.15, -0.1) is 19.7 Å². The Kier molecular flexibility index (Phi) is 14.0. The van der Waals surface area contributed by atoms with Crippen LogP contribution in [-0.4, -0.2) is 68.2 Å². The number of carbonyl (C=O) groups excluding carboxylic acids is 1. The Morgan fingerprint density at radius 3 is 2.13 bits per heavy atom. The third-order valence-corrected chi connectivity index (χ3v) is 11.5. The third kappa shape index (κ3) is 11.7. The standard InChI is InChI=1S/C28H25N7O15S5/c29-25-21(33-32-20-8-5-18(12-22(20)54(42,43)44)52-48-24(36)15-51-50-49-39)13-23(55(45,46)47)26(30)27(25)34-31-17-3-6-19(7-4-17)53(40,41)11-10-35-9-1-2-16(14-35)28(37)38/h1-9,12-14H,10-11,15,29-30H2,(H3-,37,38,39,42,43,44,45,46,47)/p+1. The Balaban J connectivity index is 1.60. The maximum atomic E-state index is 12.9. The summed E-state index contributed by atoms with van der Waals surface area (Å²) in [5.74, 6) is -2.87. The SMILES string of the molecule is Nc1c(N=Nc2ccc(SOC(=O)CSOOO)cc2S(=O)(=O)O)cc(S(=O)(=O)O)c(N)c1N=Nc1ccc(S(=O)(=O)CC[n+]2cccc(C(=O)O)c2)cc1. The lowest BCUT2D eigenvalue weighted by Crippen LogP contribution is -2.37. The van der Waals surface area contributed by atoms with Crippen molar-refractivity contribution in [1.82, 2.24) is 0 Å². The smallest absolute Gasteiger partial charge is 0.341 e. The molecule has 0 bridgehead atoms. The number of aromatic nitrogens is 1. The molecule has 8 N–H and O–H groups in total. The molecular formula is C28H26N7O15S5+. The van der Waals surface area contributed by atoms with E-state index in [1.807, 2.05) is 0 Å². The lowest BCUT2D eigenvalue weighted by atomic mass is 10.2. The number of hydrogen-bond donors (Lipinski definition) is 6. The Morgan fingerprint density at radius 1 is 0.818 bits per heavy atom. The number of hydrogen-bond acceptors (Lipinski definition) is 20. The fraction of sp³-hybridized carbons (Fsp3) is 0.107. The summed E-state index contributed by atoms with van der Waals surface area (Å²) >= 11 is 0.772. The topological polar surface area (TPSA) is 351 Å². The summed E-state index contributed by atoms with van der Waals surface area (Å²) in [6.45, 7) is -0.0498. The molecule has 0 spiro atoms. The molecule has 4 aromatic rings. The van der Waals surface area contributed by atoms with Gasteiger partial charge >= 0.3 is 11.9 Å². The van der Waals surface area contributed by atoms with Crippen LogP contribution in [0.4, 0.5) is 34.1 Å². The first-order chi connectivity index (χ1) is 25.8. The summed E-state index contributed by atoms with van der Waals surface area (Å²) in [4.78, 5) is 21.0. The number of pyridine rings is 1. The highest BCUT2D eigenvalue weighted by Gasteiger charge is 2.24. The van der Waals surface area contributed by atoms with Gasteiger partial charge in [-0.2, -0.15) is 21.9 Å². The summed E-state index contributed by atoms with van der Waals surface area (Å²) in [5, 5.41) is 35.9. The second-order valence-corrected chi connectivity index (χ2v) is 16.8. The number of nitrogens with zero attached hydrogens (tertiary/aromatic N) is 5. The van der Waals surface area contributed by atoms with Gasteiger partial charge in [-0.25, -0.2) is 23.0 Å². The summed E-state index contributed by atoms with van der Waals surface area (Å²) in [5.41, 5.74) is 9.43. The van der Waals surface area contributed by atoms with E-state index in [0.29, 0.717) is 30.2 Å². The number of carbonyl (C=O) groups is 2. The van der Waals surface area contributed by atoms with Crippen LogP contribution in [0.25, 0.3) is 0 Å². The number of aromatic carboxylic acids is 1. The van der Waals surface area contributed by atoms with Crippen molar-refractivity contribution in [2.24, 2.45) is 20.5 Å². The number of nitrogen functional groups attached to an aromatic ring is 2. The summed E-state index contributed by atoms with van der Waals surface area (Å²) in [7, 11) is -13.9. The number of benzene rings is 3. The van der Waals surface area contributed by atoms with Crippen LogP contribution >= 0.6 is 24.1 Å². The van der Waals surface area contributed by atoms with Crippen LogP contribution in [0.3, 0.4) is 0 Å². The molecule has 0 saturated heterocycles. The van der Waals surface area contributed by atoms with Crippen molar-refractivity contribution in [2.75, 3.05) is 23.0 Å². The Labute approximate surface area is 319 Å². The average Bonchev–Trinajstić information content (AvgIpc) is 3.12. The van der Waals surface area contributed by atoms with Gasteiger partial charge in [0.1, 0.15) is 43.9 Å². The van der Waals surface area contributed by atoms with E-state index in [2.05, 4.69) is 29.8 Å². The van der Waals surface area contributed by atoms with E-state index >= 15 is 0 Å². The zero-order chi connectivity index (χ0) is 40.6. The number of rotatable bonds is 17. The van der Waals surface area contributed by atoms with E-state index in [4.69, 9.17) is 26.0 Å². The molecule has 55 heavy (non-hydrogen) atoms. The predicted molar refractivity (Wildman–Crippen MR) is 191 cm³/mol. The van der Waals surface area contributed by atoms with Crippen molar-refractivity contribution in [3.63, 3.8) is 0 Å². The van der Waals surface area contributed by atoms with Gasteiger partial charge in [0, 0.05) is 23.0 Å². The van der Waals surface area contributed by atoms with E-state index < -0.39 is 86.0 Å². The summed E-state index contributed by atoms with van der Waals surface area (Å²) in [6, 6.07) is 11.6. The maximum absolute atomic E-state index is 12.9. The van der Waals surface area contributed by atoms with Crippen LogP contribution in [0.2, 0.25) is 0 Å². The van der Waals surface area contributed by atoms with Crippen molar-refractivity contribution in [3.05, 3.63) is 78.6 Å². The molecule has 0 aliphatic heterocycles. The van der Waals surface area contributed by atoms with Gasteiger partial charge in [0.05, 0.1) is 34.0 Å². The molecule has 22 nitrogen and oxygen atoms in total. The van der Waals surface area contributed by atoms with Crippen LogP contribution in [0.1, 0.15) is 10.4 Å². The first-order valence-electron chi connectivity index (χ1n) is 14.5. The molecule has 0 atom stereocenters. The second-order valence-electron chi connectivity index (χ2n) is 10.4. The van der Waals surface area contributed by atoms with Crippen LogP contribution in [0.5, 0.6) is 0 Å². The number of azo groups is 2. The molecule has 0 fully saturated rings. The molecule has 4 rings (SSSR count). The highest BCUT2D eigenvalue weighted by atomic mass is 32.2. The van der Waals surface area contributed by atoms with Crippen LogP contribution in [-0.2, 0) is 55.0 Å². The third-order valence-electron chi connectivity index (χ3n) is 6.74. The fourth-order valence-corrected chi connectivity index (χ4v) is 7.64. The van der Waals surface area contributed by atoms with Gasteiger partial charge in [-0.05, 0) is 54.6 Å². The zero-order valence-corrected chi connectivity index (χ0v) is 31.3. The molecule has 0 aliphatic carbocycles. The van der Waals surface area contributed by atoms with E-state index in [0.717, 1.165) is 12.1 Å². The first kappa shape index (κ1) is 42.6. The fourth-order valence-electron chi connectivity index (χ4n) is 4.18. The van der Waals surface area contributed by atoms with Crippen molar-refractivity contribution in [3.8, 4) is 0 Å². The number of nitrogens with two attached hydrogens (primary N) is 2. The van der Waals surface area contributed by atoms with Crippen LogP contribution < -0.4 is 16.0 Å². The minimum absolute atomic E-state index is 0.0134. The van der Waals surface area contributed by atoms with Gasteiger partial charge < -0.3 is 20.8 Å². The van der Waals surface area contributed by atoms with Crippen molar-refractivity contribution in [2.45, 2.75) is 26.1 Å². The van der Waals surface area contributed by atoms with Gasteiger partial charge in [0.15, 0.2) is 28.8 Å². The van der Waals surface area contributed by atoms with Gasteiger partial charge in [0.2, 0.25) is 0 Å². The molecule has 0 amide bonds. The van der Waals surface area contributed by atoms with E-state index in [1.54, 1.807) is 0 Å². The summed E-state index contributed by atoms with van der Waals surface area (Å²) < 4.78 is 104. The largest absolute Gasteiger partial charge is 0.477 e. The minimum Gasteiger partial charge on any atom is -0.477 e. The molecule has 292 valence electrons. The molecule has 1 heterocycles. The molecule has 0 saturated carbocycles. The van der Waals surface area contributed by atoms with Gasteiger partial charge in [0.25, 0.3) is 20.2 Å². The van der Waals surface area contributed by atoms with E-state index in [9.17, 15) is 43.9 Å². The first-order valence-corrected chi connectivity index (χ1v) is 20.7. The Bertz CT molecular complexity index is 2500. The summed E-state index contributed by atoms with van der Waals surface area (Å²) in [6.07, 6.45) is 2.80. The van der Waals surface area contributed by atoms with Crippen molar-refractivity contribution < 1.29 is 72.4 Å².